The van der Waals surface area contributed by atoms with Crippen molar-refractivity contribution in [3.05, 3.63) is 0 Å². The molecule has 0 atom stereocenters. The van der Waals surface area contributed by atoms with Gasteiger partial charge in [0, 0.05) is 19.0 Å². The predicted octanol–water partition coefficient (Wildman–Crippen LogP) is 0.388. The fraction of sp³-hybridized carbons (Fsp3) is 1.00. The van der Waals surface area contributed by atoms with E-state index < -0.39 is 0 Å². The van der Waals surface area contributed by atoms with Crippen LogP contribution in [0.5, 0.6) is 0 Å². The summed E-state index contributed by atoms with van der Waals surface area (Å²) in [6.07, 6.45) is 0. The molecule has 0 radical (unpaired) electrons. The number of hydrogen-bond donors (Lipinski definition) is 1. The average molecular weight is 111 g/mol. The van der Waals surface area contributed by atoms with Gasteiger partial charge in [0.15, 0.2) is 5.66 Å². The normalized spacial score (nSPS) is 32.1. The third-order valence-electron chi connectivity index (χ3n) is 1.97. The maximum absolute atomic E-state index is 3.94. The molecule has 44 valence electrons. The molecule has 1 fully saturated rings. The zero-order chi connectivity index (χ0) is 5.61. The van der Waals surface area contributed by atoms with Crippen LogP contribution in [0.2, 0.25) is 0 Å². The topological polar surface area (TPSA) is 36.8 Å². The van der Waals surface area contributed by atoms with Gasteiger partial charge in [-0.05, 0) is 6.92 Å². The van der Waals surface area contributed by atoms with Crippen molar-refractivity contribution in [2.45, 2.75) is 12.6 Å². The van der Waals surface area contributed by atoms with Crippen LogP contribution in [0.4, 0.5) is 0 Å². The van der Waals surface area contributed by atoms with Crippen molar-refractivity contribution in [3.8, 4) is 0 Å². The summed E-state index contributed by atoms with van der Waals surface area (Å²) in [4.78, 5) is 0. The second-order valence-electron chi connectivity index (χ2n) is 2.65. The molecular weight excluding hydrogens is 102 g/mol. The van der Waals surface area contributed by atoms with Gasteiger partial charge in [0.2, 0.25) is 0 Å². The third-order valence-corrected chi connectivity index (χ3v) is 1.97. The lowest BCUT2D eigenvalue weighted by molar-refractivity contribution is 0.273. The smallest absolute Gasteiger partial charge is 0.193 e. The first-order valence-electron chi connectivity index (χ1n) is 2.96. The largest absolute Gasteiger partial charge is 0.316 e. The van der Waals surface area contributed by atoms with Gasteiger partial charge in [0.25, 0.3) is 0 Å². The molecule has 0 aromatic carbocycles. The molecule has 2 rings (SSSR count). The van der Waals surface area contributed by atoms with Gasteiger partial charge in [-0.25, -0.2) is 0 Å². The second kappa shape index (κ2) is 1.10. The molecule has 0 amide bonds. The lowest BCUT2D eigenvalue weighted by atomic mass is 9.92. The minimum absolute atomic E-state index is 0.0330. The highest BCUT2D eigenvalue weighted by molar-refractivity contribution is 5.00. The summed E-state index contributed by atoms with van der Waals surface area (Å²) < 4.78 is 0. The van der Waals surface area contributed by atoms with E-state index in [4.69, 9.17) is 0 Å². The lowest BCUT2D eigenvalue weighted by Gasteiger charge is -2.28. The van der Waals surface area contributed by atoms with E-state index in [1.807, 2.05) is 0 Å². The molecule has 8 heavy (non-hydrogen) atoms. The SMILES string of the molecule is CC1(C2CNC2)N=N1. The molecule has 0 unspecified atom stereocenters. The molecule has 0 spiro atoms. The van der Waals surface area contributed by atoms with Crippen LogP contribution >= 0.6 is 0 Å². The van der Waals surface area contributed by atoms with Gasteiger partial charge < -0.3 is 5.32 Å². The number of nitrogens with zero attached hydrogens (tertiary/aromatic N) is 2. The summed E-state index contributed by atoms with van der Waals surface area (Å²) in [5.41, 5.74) is 0.0330. The first-order chi connectivity index (χ1) is 3.81. The van der Waals surface area contributed by atoms with Gasteiger partial charge in [-0.1, -0.05) is 0 Å². The minimum atomic E-state index is 0.0330. The van der Waals surface area contributed by atoms with Crippen molar-refractivity contribution in [3.63, 3.8) is 0 Å². The molecule has 0 aromatic heterocycles. The van der Waals surface area contributed by atoms with E-state index in [-0.39, 0.29) is 5.66 Å². The van der Waals surface area contributed by atoms with Crippen molar-refractivity contribution >= 4 is 0 Å². The molecule has 3 heteroatoms. The van der Waals surface area contributed by atoms with Gasteiger partial charge in [0.1, 0.15) is 0 Å². The van der Waals surface area contributed by atoms with E-state index >= 15 is 0 Å². The zero-order valence-corrected chi connectivity index (χ0v) is 4.89. The maximum Gasteiger partial charge on any atom is 0.193 e. The summed E-state index contributed by atoms with van der Waals surface area (Å²) in [7, 11) is 0. The van der Waals surface area contributed by atoms with Crippen LogP contribution < -0.4 is 5.32 Å². The van der Waals surface area contributed by atoms with E-state index in [1.165, 1.54) is 0 Å². The van der Waals surface area contributed by atoms with Crippen LogP contribution in [0.15, 0.2) is 10.2 Å². The highest BCUT2D eigenvalue weighted by atomic mass is 15.4. The van der Waals surface area contributed by atoms with Crippen molar-refractivity contribution in [1.29, 1.82) is 0 Å². The van der Waals surface area contributed by atoms with E-state index in [0.717, 1.165) is 13.1 Å². The highest BCUT2D eigenvalue weighted by Gasteiger charge is 2.45. The summed E-state index contributed by atoms with van der Waals surface area (Å²) >= 11 is 0. The first-order valence-corrected chi connectivity index (χ1v) is 2.96. The number of nitrogens with one attached hydrogen (secondary N) is 1. The van der Waals surface area contributed by atoms with Crippen LogP contribution in [0, 0.1) is 5.92 Å². The minimum Gasteiger partial charge on any atom is -0.316 e. The molecule has 0 bridgehead atoms. The Hall–Kier alpha value is -0.440. The fourth-order valence-corrected chi connectivity index (χ4v) is 0.918. The quantitative estimate of drug-likeness (QED) is 0.522. The van der Waals surface area contributed by atoms with Crippen LogP contribution in [0.1, 0.15) is 6.92 Å². The van der Waals surface area contributed by atoms with E-state index in [2.05, 4.69) is 22.5 Å². The molecule has 1 saturated heterocycles. The van der Waals surface area contributed by atoms with Crippen molar-refractivity contribution in [1.82, 2.24) is 5.32 Å². The summed E-state index contributed by atoms with van der Waals surface area (Å²) in [6.45, 7) is 4.28. The number of hydrogen-bond acceptors (Lipinski definition) is 3. The summed E-state index contributed by atoms with van der Waals surface area (Å²) in [6, 6.07) is 0. The molecule has 2 aliphatic heterocycles. The summed E-state index contributed by atoms with van der Waals surface area (Å²) in [5.74, 6) is 0.697. The Kier molecular flexibility index (Phi) is 0.612. The molecule has 0 aliphatic carbocycles. The molecule has 0 aromatic rings. The Bertz CT molecular complexity index is 131. The van der Waals surface area contributed by atoms with Crippen LogP contribution in [-0.2, 0) is 0 Å². The van der Waals surface area contributed by atoms with E-state index in [1.54, 1.807) is 0 Å². The number of rotatable bonds is 1. The van der Waals surface area contributed by atoms with Gasteiger partial charge in [-0.15, -0.1) is 0 Å². The van der Waals surface area contributed by atoms with Crippen LogP contribution in [-0.4, -0.2) is 18.8 Å². The zero-order valence-electron chi connectivity index (χ0n) is 4.89. The Labute approximate surface area is 48.2 Å². The average Bonchev–Trinajstić information content (AvgIpc) is 2.12. The Morgan fingerprint density at radius 2 is 2.12 bits per heavy atom. The predicted molar refractivity (Wildman–Crippen MR) is 29.6 cm³/mol. The van der Waals surface area contributed by atoms with Gasteiger partial charge in [0.05, 0.1) is 0 Å². The monoisotopic (exact) mass is 111 g/mol. The molecule has 0 saturated carbocycles. The highest BCUT2D eigenvalue weighted by Crippen LogP contribution is 2.37. The Morgan fingerprint density at radius 3 is 2.25 bits per heavy atom. The third kappa shape index (κ3) is 0.422. The van der Waals surface area contributed by atoms with Crippen molar-refractivity contribution in [2.75, 3.05) is 13.1 Å². The summed E-state index contributed by atoms with van der Waals surface area (Å²) in [5, 5.41) is 11.1. The standard InChI is InChI=1S/C5H9N3/c1-5(7-8-5)4-2-6-3-4/h4,6H,2-3H2,1H3. The maximum atomic E-state index is 3.94. The molecule has 1 N–H and O–H groups in total. The van der Waals surface area contributed by atoms with Gasteiger partial charge >= 0.3 is 0 Å². The lowest BCUT2D eigenvalue weighted by Crippen LogP contribution is -2.49. The van der Waals surface area contributed by atoms with Gasteiger partial charge in [-0.2, -0.15) is 10.2 Å². The van der Waals surface area contributed by atoms with Crippen molar-refractivity contribution < 1.29 is 0 Å². The molecule has 2 aliphatic rings. The van der Waals surface area contributed by atoms with Gasteiger partial charge in [-0.3, -0.25) is 0 Å². The first kappa shape index (κ1) is 4.44. The molecule has 2 heterocycles. The van der Waals surface area contributed by atoms with Crippen LogP contribution in [0.3, 0.4) is 0 Å². The van der Waals surface area contributed by atoms with Crippen molar-refractivity contribution in [2.24, 2.45) is 16.1 Å². The van der Waals surface area contributed by atoms with Crippen LogP contribution in [0.25, 0.3) is 0 Å². The fourth-order valence-electron chi connectivity index (χ4n) is 0.918. The second-order valence-corrected chi connectivity index (χ2v) is 2.65. The molecular formula is C5H9N3. The van der Waals surface area contributed by atoms with E-state index in [9.17, 15) is 0 Å². The Morgan fingerprint density at radius 1 is 1.50 bits per heavy atom. The molecule has 3 nitrogen and oxygen atoms in total. The van der Waals surface area contributed by atoms with E-state index in [0.29, 0.717) is 5.92 Å². The Balaban J connectivity index is 1.97.